The Morgan fingerprint density at radius 1 is 1.09 bits per heavy atom. The van der Waals surface area contributed by atoms with Gasteiger partial charge in [-0.15, -0.1) is 0 Å². The van der Waals surface area contributed by atoms with Crippen molar-refractivity contribution in [3.8, 4) is 17.2 Å². The fraction of sp³-hybridized carbons (Fsp3) is 0.412. The summed E-state index contributed by atoms with van der Waals surface area (Å²) in [7, 11) is 4.66. The van der Waals surface area contributed by atoms with E-state index in [0.29, 0.717) is 28.7 Å². The molecule has 0 unspecified atom stereocenters. The molecule has 1 fully saturated rings. The van der Waals surface area contributed by atoms with Crippen LogP contribution >= 0.6 is 0 Å². The molecule has 1 aromatic rings. The average molecular weight is 317 g/mol. The smallest absolute Gasteiger partial charge is 0.363 e. The molecule has 6 heteroatoms. The van der Waals surface area contributed by atoms with E-state index in [1.54, 1.807) is 39.5 Å². The molecule has 0 saturated heterocycles. The van der Waals surface area contributed by atoms with Crippen molar-refractivity contribution >= 4 is 17.9 Å². The minimum Gasteiger partial charge on any atom is -0.496 e. The van der Waals surface area contributed by atoms with E-state index in [1.807, 2.05) is 0 Å². The van der Waals surface area contributed by atoms with E-state index < -0.39 is 5.97 Å². The first-order chi connectivity index (χ1) is 11.2. The molecule has 0 bridgehead atoms. The Hall–Kier alpha value is -2.50. The van der Waals surface area contributed by atoms with Crippen LogP contribution in [0.25, 0.3) is 6.08 Å². The van der Waals surface area contributed by atoms with Crippen LogP contribution in [0, 0.1) is 5.92 Å². The zero-order chi connectivity index (χ0) is 16.4. The lowest BCUT2D eigenvalue weighted by Gasteiger charge is -2.23. The van der Waals surface area contributed by atoms with E-state index in [2.05, 4.69) is 4.99 Å². The Kier molecular flexibility index (Phi) is 4.23. The molecule has 122 valence electrons. The van der Waals surface area contributed by atoms with Crippen molar-refractivity contribution in [2.24, 2.45) is 10.9 Å². The summed E-state index contributed by atoms with van der Waals surface area (Å²) < 4.78 is 21.2. The predicted octanol–water partition coefficient (Wildman–Crippen LogP) is 2.81. The SMILES string of the molecule is COc1cc(OC)c(OC)cc1/C=C1/N=C(C2CCC2)OC1=O. The molecule has 1 aliphatic heterocycles. The van der Waals surface area contributed by atoms with Gasteiger partial charge in [0.2, 0.25) is 5.90 Å². The maximum absolute atomic E-state index is 12.0. The van der Waals surface area contributed by atoms with E-state index >= 15 is 0 Å². The van der Waals surface area contributed by atoms with Crippen molar-refractivity contribution in [1.82, 2.24) is 0 Å². The minimum atomic E-state index is -0.427. The minimum absolute atomic E-state index is 0.275. The first kappa shape index (κ1) is 15.4. The monoisotopic (exact) mass is 317 g/mol. The summed E-state index contributed by atoms with van der Waals surface area (Å²) in [6.07, 6.45) is 4.86. The number of aliphatic imine (C=N–C) groups is 1. The lowest BCUT2D eigenvalue weighted by Crippen LogP contribution is -2.22. The van der Waals surface area contributed by atoms with Crippen molar-refractivity contribution in [1.29, 1.82) is 0 Å². The van der Waals surface area contributed by atoms with Gasteiger partial charge >= 0.3 is 5.97 Å². The van der Waals surface area contributed by atoms with Crippen LogP contribution in [-0.4, -0.2) is 33.2 Å². The summed E-state index contributed by atoms with van der Waals surface area (Å²) in [5, 5.41) is 0. The molecule has 6 nitrogen and oxygen atoms in total. The zero-order valence-corrected chi connectivity index (χ0v) is 13.4. The number of benzene rings is 1. The molecular formula is C17H19NO5. The molecule has 2 aliphatic rings. The van der Waals surface area contributed by atoms with Crippen molar-refractivity contribution in [3.63, 3.8) is 0 Å². The molecule has 1 aromatic carbocycles. The third-order valence-corrected chi connectivity index (χ3v) is 4.12. The van der Waals surface area contributed by atoms with Crippen molar-refractivity contribution in [2.75, 3.05) is 21.3 Å². The molecule has 0 N–H and O–H groups in total. The molecule has 1 aliphatic carbocycles. The van der Waals surface area contributed by atoms with Crippen LogP contribution < -0.4 is 14.2 Å². The van der Waals surface area contributed by atoms with Gasteiger partial charge in [0.25, 0.3) is 0 Å². The highest BCUT2D eigenvalue weighted by Gasteiger charge is 2.32. The van der Waals surface area contributed by atoms with E-state index in [4.69, 9.17) is 18.9 Å². The molecule has 0 radical (unpaired) electrons. The summed E-state index contributed by atoms with van der Waals surface area (Å²) in [5.41, 5.74) is 0.952. The standard InChI is InChI=1S/C17H19NO5/c1-20-13-9-15(22-3)14(21-2)8-11(13)7-12-17(19)23-16(18-12)10-5-4-6-10/h7-10H,4-6H2,1-3H3/b12-7+. The number of methoxy groups -OCH3 is 3. The topological polar surface area (TPSA) is 66.3 Å². The highest BCUT2D eigenvalue weighted by atomic mass is 16.6. The highest BCUT2D eigenvalue weighted by Crippen LogP contribution is 2.37. The predicted molar refractivity (Wildman–Crippen MR) is 84.9 cm³/mol. The van der Waals surface area contributed by atoms with Gasteiger partial charge in [0.15, 0.2) is 17.2 Å². The Bertz CT molecular complexity index is 688. The van der Waals surface area contributed by atoms with Crippen molar-refractivity contribution in [2.45, 2.75) is 19.3 Å². The molecule has 0 amide bonds. The number of hydrogen-bond acceptors (Lipinski definition) is 6. The van der Waals surface area contributed by atoms with Gasteiger partial charge in [-0.3, -0.25) is 0 Å². The molecule has 0 atom stereocenters. The number of ether oxygens (including phenoxy) is 4. The molecule has 0 aromatic heterocycles. The second kappa shape index (κ2) is 6.32. The van der Waals surface area contributed by atoms with Crippen LogP contribution in [0.15, 0.2) is 22.8 Å². The first-order valence-electron chi connectivity index (χ1n) is 7.48. The number of hydrogen-bond donors (Lipinski definition) is 0. The van der Waals surface area contributed by atoms with Crippen LogP contribution in [0.1, 0.15) is 24.8 Å². The van der Waals surface area contributed by atoms with Crippen LogP contribution in [0.2, 0.25) is 0 Å². The number of cyclic esters (lactones) is 1. The lowest BCUT2D eigenvalue weighted by molar-refractivity contribution is -0.130. The molecule has 1 saturated carbocycles. The summed E-state index contributed by atoms with van der Waals surface area (Å²) in [5.74, 6) is 2.05. The second-order valence-electron chi connectivity index (χ2n) is 5.45. The maximum Gasteiger partial charge on any atom is 0.363 e. The Balaban J connectivity index is 1.97. The largest absolute Gasteiger partial charge is 0.496 e. The van der Waals surface area contributed by atoms with Gasteiger partial charge in [-0.25, -0.2) is 9.79 Å². The highest BCUT2D eigenvalue weighted by molar-refractivity contribution is 6.08. The van der Waals surface area contributed by atoms with Gasteiger partial charge in [-0.05, 0) is 25.0 Å². The molecule has 3 rings (SSSR count). The molecular weight excluding hydrogens is 298 g/mol. The van der Waals surface area contributed by atoms with Crippen LogP contribution in [0.4, 0.5) is 0 Å². The van der Waals surface area contributed by atoms with Gasteiger partial charge in [-0.2, -0.15) is 0 Å². The number of carbonyl (C=O) groups is 1. The summed E-state index contributed by atoms with van der Waals surface area (Å²) >= 11 is 0. The van der Waals surface area contributed by atoms with E-state index in [1.165, 1.54) is 0 Å². The fourth-order valence-electron chi connectivity index (χ4n) is 2.57. The van der Waals surface area contributed by atoms with Gasteiger partial charge in [0.05, 0.1) is 21.3 Å². The number of nitrogens with zero attached hydrogens (tertiary/aromatic N) is 1. The van der Waals surface area contributed by atoms with Gasteiger partial charge in [-0.1, -0.05) is 6.42 Å². The van der Waals surface area contributed by atoms with Gasteiger partial charge in [0.1, 0.15) is 5.75 Å². The second-order valence-corrected chi connectivity index (χ2v) is 5.45. The molecule has 1 heterocycles. The summed E-state index contributed by atoms with van der Waals surface area (Å²) in [6, 6.07) is 3.46. The van der Waals surface area contributed by atoms with Crippen molar-refractivity contribution < 1.29 is 23.7 Å². The first-order valence-corrected chi connectivity index (χ1v) is 7.48. The quantitative estimate of drug-likeness (QED) is 0.617. The third kappa shape index (κ3) is 2.88. The summed E-state index contributed by atoms with van der Waals surface area (Å²) in [6.45, 7) is 0. The van der Waals surface area contributed by atoms with Crippen molar-refractivity contribution in [3.05, 3.63) is 23.4 Å². The Morgan fingerprint density at radius 3 is 2.30 bits per heavy atom. The van der Waals surface area contributed by atoms with Crippen LogP contribution in [0.5, 0.6) is 17.2 Å². The average Bonchev–Trinajstić information content (AvgIpc) is 2.85. The number of esters is 1. The number of carbonyl (C=O) groups excluding carboxylic acids is 1. The van der Waals surface area contributed by atoms with Crippen LogP contribution in [0.3, 0.4) is 0 Å². The normalized spacial score (nSPS) is 19.2. The number of rotatable bonds is 5. The van der Waals surface area contributed by atoms with Crippen LogP contribution in [-0.2, 0) is 9.53 Å². The summed E-state index contributed by atoms with van der Waals surface area (Å²) in [4.78, 5) is 16.3. The maximum atomic E-state index is 12.0. The lowest BCUT2D eigenvalue weighted by atomic mass is 9.85. The Morgan fingerprint density at radius 2 is 1.74 bits per heavy atom. The Labute approximate surface area is 134 Å². The zero-order valence-electron chi connectivity index (χ0n) is 13.4. The van der Waals surface area contributed by atoms with Gasteiger partial charge < -0.3 is 18.9 Å². The van der Waals surface area contributed by atoms with E-state index in [9.17, 15) is 4.79 Å². The fourth-order valence-corrected chi connectivity index (χ4v) is 2.57. The van der Waals surface area contributed by atoms with Gasteiger partial charge in [0, 0.05) is 17.5 Å². The van der Waals surface area contributed by atoms with E-state index in [0.717, 1.165) is 19.3 Å². The molecule has 0 spiro atoms. The molecule has 23 heavy (non-hydrogen) atoms. The third-order valence-electron chi connectivity index (χ3n) is 4.12. The van der Waals surface area contributed by atoms with E-state index in [-0.39, 0.29) is 11.6 Å².